The summed E-state index contributed by atoms with van der Waals surface area (Å²) < 4.78 is 66.2. The Labute approximate surface area is 184 Å². The van der Waals surface area contributed by atoms with Crippen LogP contribution in [0.3, 0.4) is 0 Å². The lowest BCUT2D eigenvalue weighted by Gasteiger charge is -2.49. The maximum atomic E-state index is 13.1. The van der Waals surface area contributed by atoms with Gasteiger partial charge in [-0.2, -0.15) is 13.2 Å². The largest absolute Gasteiger partial charge is 0.416 e. The van der Waals surface area contributed by atoms with E-state index < -0.39 is 44.5 Å². The molecule has 1 aliphatic rings. The molecule has 1 unspecified atom stereocenters. The molecule has 1 heterocycles. The van der Waals surface area contributed by atoms with Gasteiger partial charge in [0.05, 0.1) is 11.3 Å². The van der Waals surface area contributed by atoms with Crippen LogP contribution in [0.1, 0.15) is 36.5 Å². The fourth-order valence-electron chi connectivity index (χ4n) is 3.64. The minimum Gasteiger partial charge on any atom is -0.328 e. The van der Waals surface area contributed by atoms with Gasteiger partial charge >= 0.3 is 6.18 Å². The first-order chi connectivity index (χ1) is 14.9. The van der Waals surface area contributed by atoms with Gasteiger partial charge in [-0.15, -0.1) is 0 Å². The molecule has 0 aromatic heterocycles. The molecule has 10 heteroatoms. The van der Waals surface area contributed by atoms with Gasteiger partial charge in [-0.3, -0.25) is 14.3 Å². The van der Waals surface area contributed by atoms with Crippen molar-refractivity contribution in [2.75, 3.05) is 6.54 Å². The van der Waals surface area contributed by atoms with Gasteiger partial charge < -0.3 is 4.90 Å². The number of hydrogen-bond acceptors (Lipinski definition) is 4. The van der Waals surface area contributed by atoms with Gasteiger partial charge in [0.2, 0.25) is 15.9 Å². The highest BCUT2D eigenvalue weighted by atomic mass is 32.2. The molecule has 172 valence electrons. The van der Waals surface area contributed by atoms with E-state index in [9.17, 15) is 31.2 Å². The highest BCUT2D eigenvalue weighted by Crippen LogP contribution is 2.34. The number of halogens is 3. The summed E-state index contributed by atoms with van der Waals surface area (Å²) in [6, 6.07) is 13.6. The molecule has 1 fully saturated rings. The van der Waals surface area contributed by atoms with E-state index in [-0.39, 0.29) is 18.7 Å². The summed E-state index contributed by atoms with van der Waals surface area (Å²) in [5.41, 5.74) is -1.96. The minimum atomic E-state index is -4.72. The number of amides is 2. The molecule has 0 spiro atoms. The van der Waals surface area contributed by atoms with E-state index >= 15 is 0 Å². The summed E-state index contributed by atoms with van der Waals surface area (Å²) in [7, 11) is -4.42. The van der Waals surface area contributed by atoms with E-state index in [2.05, 4.69) is 0 Å². The molecule has 0 aliphatic carbocycles. The number of rotatable bonds is 7. The maximum Gasteiger partial charge on any atom is 0.416 e. The van der Waals surface area contributed by atoms with Crippen molar-refractivity contribution in [1.29, 1.82) is 0 Å². The van der Waals surface area contributed by atoms with Crippen LogP contribution >= 0.6 is 0 Å². The van der Waals surface area contributed by atoms with Crippen molar-refractivity contribution in [2.24, 2.45) is 0 Å². The molecule has 1 saturated heterocycles. The second-order valence-electron chi connectivity index (χ2n) is 7.90. The van der Waals surface area contributed by atoms with E-state index in [1.54, 1.807) is 0 Å². The van der Waals surface area contributed by atoms with Crippen molar-refractivity contribution in [2.45, 2.75) is 43.7 Å². The molecule has 3 rings (SSSR count). The highest BCUT2D eigenvalue weighted by Gasteiger charge is 2.50. The van der Waals surface area contributed by atoms with Crippen molar-refractivity contribution in [3.05, 3.63) is 71.3 Å². The Bertz CT molecular complexity index is 1100. The Morgan fingerprint density at radius 2 is 1.69 bits per heavy atom. The normalized spacial score (nSPS) is 18.7. The number of sulfonamides is 1. The van der Waals surface area contributed by atoms with Crippen molar-refractivity contribution < 1.29 is 31.2 Å². The number of nitrogens with zero attached hydrogens (tertiary/aromatic N) is 1. The molecule has 1 N–H and O–H groups in total. The second kappa shape index (κ2) is 8.93. The van der Waals surface area contributed by atoms with Crippen LogP contribution in [0.2, 0.25) is 0 Å². The van der Waals surface area contributed by atoms with Crippen LogP contribution in [0.4, 0.5) is 13.2 Å². The Morgan fingerprint density at radius 1 is 1.06 bits per heavy atom. The van der Waals surface area contributed by atoms with Crippen LogP contribution in [-0.2, 0) is 38.0 Å². The summed E-state index contributed by atoms with van der Waals surface area (Å²) in [5, 5.41) is 0. The van der Waals surface area contributed by atoms with Crippen LogP contribution in [0, 0.1) is 0 Å². The van der Waals surface area contributed by atoms with Gasteiger partial charge in [0.1, 0.15) is 5.54 Å². The van der Waals surface area contributed by atoms with Gasteiger partial charge in [0.15, 0.2) is 0 Å². The number of hydrogen-bond donors (Lipinski definition) is 1. The first kappa shape index (κ1) is 23.8. The van der Waals surface area contributed by atoms with E-state index in [1.165, 1.54) is 17.9 Å². The van der Waals surface area contributed by atoms with Crippen molar-refractivity contribution in [3.63, 3.8) is 0 Å². The molecule has 2 amide bonds. The zero-order valence-electron chi connectivity index (χ0n) is 17.4. The molecule has 32 heavy (non-hydrogen) atoms. The number of nitrogens with one attached hydrogen (secondary N) is 1. The van der Waals surface area contributed by atoms with Crippen molar-refractivity contribution in [3.8, 4) is 0 Å². The SMILES string of the molecule is CC1(C(=O)NS(=O)(=O)Cc2ccccc2C(F)(F)F)CCN1C(=O)CCc1ccccc1. The van der Waals surface area contributed by atoms with Gasteiger partial charge in [-0.25, -0.2) is 8.42 Å². The molecule has 2 aromatic carbocycles. The van der Waals surface area contributed by atoms with E-state index in [1.807, 2.05) is 35.1 Å². The minimum absolute atomic E-state index is 0.151. The number of aryl methyl sites for hydroxylation is 1. The zero-order chi connectivity index (χ0) is 23.6. The topological polar surface area (TPSA) is 83.6 Å². The number of alkyl halides is 3. The van der Waals surface area contributed by atoms with Gasteiger partial charge in [-0.1, -0.05) is 48.5 Å². The summed E-state index contributed by atoms with van der Waals surface area (Å²) >= 11 is 0. The Morgan fingerprint density at radius 3 is 2.28 bits per heavy atom. The quantitative estimate of drug-likeness (QED) is 0.676. The molecule has 2 aromatic rings. The van der Waals surface area contributed by atoms with Crippen molar-refractivity contribution >= 4 is 21.8 Å². The molecule has 0 bridgehead atoms. The van der Waals surface area contributed by atoms with Crippen LogP contribution in [0.15, 0.2) is 54.6 Å². The van der Waals surface area contributed by atoms with Gasteiger partial charge in [0.25, 0.3) is 5.91 Å². The molecular formula is C22H23F3N2O4S. The summed E-state index contributed by atoms with van der Waals surface area (Å²) in [5.74, 6) is -2.23. The predicted octanol–water partition coefficient (Wildman–Crippen LogP) is 3.28. The van der Waals surface area contributed by atoms with Crippen molar-refractivity contribution in [1.82, 2.24) is 9.62 Å². The first-order valence-corrected chi connectivity index (χ1v) is 11.6. The average molecular weight is 468 g/mol. The fourth-order valence-corrected chi connectivity index (χ4v) is 4.88. The Balaban J connectivity index is 1.66. The number of likely N-dealkylation sites (tertiary alicyclic amines) is 1. The van der Waals surface area contributed by atoms with Crippen LogP contribution in [0.25, 0.3) is 0 Å². The second-order valence-corrected chi connectivity index (χ2v) is 9.62. The van der Waals surface area contributed by atoms with Gasteiger partial charge in [0, 0.05) is 13.0 Å². The standard InChI is InChI=1S/C22H23F3N2O4S/c1-21(13-14-27(21)19(28)12-11-16-7-3-2-4-8-16)20(29)26-32(30,31)15-17-9-5-6-10-18(17)22(23,24)25/h2-10H,11-15H2,1H3,(H,26,29). The van der Waals surface area contributed by atoms with E-state index in [4.69, 9.17) is 0 Å². The molecule has 1 atom stereocenters. The lowest BCUT2D eigenvalue weighted by molar-refractivity contribution is -0.156. The highest BCUT2D eigenvalue weighted by molar-refractivity contribution is 7.89. The third-order valence-electron chi connectivity index (χ3n) is 5.60. The number of benzene rings is 2. The molecule has 0 radical (unpaired) electrons. The number of carbonyl (C=O) groups is 2. The van der Waals surface area contributed by atoms with E-state index in [0.29, 0.717) is 13.0 Å². The smallest absolute Gasteiger partial charge is 0.328 e. The Hall–Kier alpha value is -2.88. The fraction of sp³-hybridized carbons (Fsp3) is 0.364. The third-order valence-corrected chi connectivity index (χ3v) is 6.78. The molecular weight excluding hydrogens is 445 g/mol. The van der Waals surface area contributed by atoms with Crippen LogP contribution < -0.4 is 4.72 Å². The molecule has 0 saturated carbocycles. The Kier molecular flexibility index (Phi) is 6.64. The first-order valence-electron chi connectivity index (χ1n) is 9.97. The predicted molar refractivity (Wildman–Crippen MR) is 112 cm³/mol. The molecule has 1 aliphatic heterocycles. The summed E-state index contributed by atoms with van der Waals surface area (Å²) in [4.78, 5) is 26.6. The number of carbonyl (C=O) groups excluding carboxylic acids is 2. The lowest BCUT2D eigenvalue weighted by Crippen LogP contribution is -2.67. The van der Waals surface area contributed by atoms with Gasteiger partial charge in [-0.05, 0) is 37.0 Å². The van der Waals surface area contributed by atoms with E-state index in [0.717, 1.165) is 23.8 Å². The monoisotopic (exact) mass is 468 g/mol. The van der Waals surface area contributed by atoms with Crippen LogP contribution in [-0.4, -0.2) is 37.2 Å². The maximum absolute atomic E-state index is 13.1. The third kappa shape index (κ3) is 5.29. The zero-order valence-corrected chi connectivity index (χ0v) is 18.2. The molecule has 6 nitrogen and oxygen atoms in total. The average Bonchev–Trinajstić information content (AvgIpc) is 2.70. The lowest BCUT2D eigenvalue weighted by atomic mass is 9.85. The van der Waals surface area contributed by atoms with Crippen LogP contribution in [0.5, 0.6) is 0 Å². The summed E-state index contributed by atoms with van der Waals surface area (Å²) in [6.45, 7) is 1.75. The summed E-state index contributed by atoms with van der Waals surface area (Å²) in [6.07, 6.45) is -3.85.